The number of carbonyl (C=O) groups excluding carboxylic acids is 1. The van der Waals surface area contributed by atoms with Crippen molar-refractivity contribution < 1.29 is 45.5 Å². The second-order valence-electron chi connectivity index (χ2n) is 4.26. The van der Waals surface area contributed by atoms with E-state index in [0.717, 1.165) is 18.5 Å². The number of carbonyl (C=O) groups is 1. The first-order valence-electron chi connectivity index (χ1n) is 5.73. The van der Waals surface area contributed by atoms with Crippen LogP contribution in [0.3, 0.4) is 0 Å². The van der Waals surface area contributed by atoms with E-state index in [2.05, 4.69) is 4.74 Å². The average molecular weight is 365 g/mol. The summed E-state index contributed by atoms with van der Waals surface area (Å²) in [5.41, 5.74) is -1.88. The Morgan fingerprint density at radius 1 is 1.21 bits per heavy atom. The first-order valence-corrected chi connectivity index (χ1v) is 5.73. The maximum absolute atomic E-state index is 13.2. The van der Waals surface area contributed by atoms with Crippen LogP contribution in [0, 0.1) is 5.21 Å². The zero-order valence-corrected chi connectivity index (χ0v) is 11.5. The van der Waals surface area contributed by atoms with Gasteiger partial charge < -0.3 is 20.5 Å². The lowest BCUT2D eigenvalue weighted by molar-refractivity contribution is -0.343. The molecule has 0 aliphatic carbocycles. The smallest absolute Gasteiger partial charge is 0.460 e. The highest BCUT2D eigenvalue weighted by atomic mass is 19.4. The number of nitrogens with zero attached hydrogens (tertiary/aromatic N) is 1. The molecule has 136 valence electrons. The molecule has 0 saturated carbocycles. The molecule has 6 nitrogen and oxygen atoms in total. The van der Waals surface area contributed by atoms with E-state index < -0.39 is 40.5 Å². The molecule has 1 amide bonds. The number of benzene rings is 1. The van der Waals surface area contributed by atoms with E-state index in [4.69, 9.17) is 5.21 Å². The highest BCUT2D eigenvalue weighted by Crippen LogP contribution is 2.47. The zero-order valence-electron chi connectivity index (χ0n) is 11.5. The fourth-order valence-corrected chi connectivity index (χ4v) is 1.42. The van der Waals surface area contributed by atoms with Gasteiger partial charge in [0.15, 0.2) is 0 Å². The van der Waals surface area contributed by atoms with Gasteiger partial charge in [-0.1, -0.05) is 0 Å². The third kappa shape index (κ3) is 3.46. The summed E-state index contributed by atoms with van der Waals surface area (Å²) in [6.07, 6.45) is -6.70. The second-order valence-corrected chi connectivity index (χ2v) is 4.26. The van der Waals surface area contributed by atoms with Crippen molar-refractivity contribution in [2.75, 3.05) is 17.7 Å². The van der Waals surface area contributed by atoms with E-state index in [1.54, 1.807) is 0 Å². The van der Waals surface area contributed by atoms with Crippen LogP contribution < -0.4 is 15.3 Å². The third-order valence-electron chi connectivity index (χ3n) is 2.69. The molecule has 0 aliphatic heterocycles. The van der Waals surface area contributed by atoms with Crippen molar-refractivity contribution in [3.8, 4) is 5.75 Å². The van der Waals surface area contributed by atoms with Gasteiger partial charge in [0, 0.05) is 6.07 Å². The number of alkyl halides is 7. The molecular formula is C11H8F7N2O4-. The van der Waals surface area contributed by atoms with Gasteiger partial charge in [-0.05, 0) is 12.1 Å². The van der Waals surface area contributed by atoms with Crippen LogP contribution in [-0.4, -0.2) is 36.2 Å². The molecule has 1 rings (SSSR count). The van der Waals surface area contributed by atoms with Crippen LogP contribution in [0.15, 0.2) is 18.2 Å². The highest BCUT2D eigenvalue weighted by Gasteiger charge is 2.76. The van der Waals surface area contributed by atoms with Crippen LogP contribution in [0.4, 0.5) is 42.1 Å². The molecule has 0 heterocycles. The van der Waals surface area contributed by atoms with Gasteiger partial charge in [0.2, 0.25) is 0 Å². The van der Waals surface area contributed by atoms with Gasteiger partial charge in [-0.2, -0.15) is 30.7 Å². The van der Waals surface area contributed by atoms with Crippen LogP contribution in [0.2, 0.25) is 0 Å². The Morgan fingerprint density at radius 3 is 2.17 bits per heavy atom. The number of methoxy groups -OCH3 is 1. The Kier molecular flexibility index (Phi) is 5.20. The van der Waals surface area contributed by atoms with Crippen molar-refractivity contribution in [3.63, 3.8) is 0 Å². The van der Waals surface area contributed by atoms with Gasteiger partial charge in [0.05, 0.1) is 18.5 Å². The number of hydrogen-bond acceptors (Lipinski definition) is 5. The molecule has 0 saturated heterocycles. The van der Waals surface area contributed by atoms with Crippen molar-refractivity contribution in [2.45, 2.75) is 18.0 Å². The number of ether oxygens (including phenoxy) is 1. The number of hydrogen-bond donors (Lipinski definition) is 2. The summed E-state index contributed by atoms with van der Waals surface area (Å²) in [5, 5.41) is 19.8. The summed E-state index contributed by atoms with van der Waals surface area (Å²) in [7, 11) is 1.11. The summed E-state index contributed by atoms with van der Waals surface area (Å²) in [5.74, 6) is -16.0. The van der Waals surface area contributed by atoms with Gasteiger partial charge in [0.1, 0.15) is 5.75 Å². The van der Waals surface area contributed by atoms with Gasteiger partial charge in [-0.15, -0.1) is 0 Å². The zero-order chi connectivity index (χ0) is 18.9. The monoisotopic (exact) mass is 365 g/mol. The maximum atomic E-state index is 13.2. The van der Waals surface area contributed by atoms with Crippen LogP contribution in [0.1, 0.15) is 0 Å². The van der Waals surface area contributed by atoms with E-state index in [9.17, 15) is 40.7 Å². The number of halogens is 7. The predicted molar refractivity (Wildman–Crippen MR) is 65.2 cm³/mol. The number of rotatable bonds is 5. The number of anilines is 2. The van der Waals surface area contributed by atoms with E-state index in [0.29, 0.717) is 12.1 Å². The molecule has 0 aliphatic rings. The minimum Gasteiger partial charge on any atom is -0.733 e. The van der Waals surface area contributed by atoms with Crippen LogP contribution in [-0.2, 0) is 4.79 Å². The second kappa shape index (κ2) is 6.32. The fraction of sp³-hybridized carbons (Fsp3) is 0.364. The topological polar surface area (TPSA) is 84.9 Å². The van der Waals surface area contributed by atoms with Crippen LogP contribution >= 0.6 is 0 Å². The Hall–Kier alpha value is -2.28. The van der Waals surface area contributed by atoms with Gasteiger partial charge in [0.25, 0.3) is 0 Å². The quantitative estimate of drug-likeness (QED) is 0.619. The van der Waals surface area contributed by atoms with Crippen molar-refractivity contribution in [2.24, 2.45) is 0 Å². The minimum atomic E-state index is -6.70. The Balaban J connectivity index is 3.20. The summed E-state index contributed by atoms with van der Waals surface area (Å²) in [4.78, 5) is 11.2. The number of amides is 1. The summed E-state index contributed by atoms with van der Waals surface area (Å²) < 4.78 is 92.6. The average Bonchev–Trinajstić information content (AvgIpc) is 2.45. The lowest BCUT2D eigenvalue weighted by Crippen LogP contribution is -2.57. The molecule has 0 aromatic heterocycles. The van der Waals surface area contributed by atoms with Crippen molar-refractivity contribution in [1.29, 1.82) is 0 Å². The molecule has 13 heteroatoms. The van der Waals surface area contributed by atoms with Gasteiger partial charge >= 0.3 is 23.9 Å². The maximum Gasteiger partial charge on any atom is 0.460 e. The molecule has 0 spiro atoms. The van der Waals surface area contributed by atoms with E-state index in [1.165, 1.54) is 0 Å². The normalized spacial score (nSPS) is 12.8. The third-order valence-corrected chi connectivity index (χ3v) is 2.69. The van der Waals surface area contributed by atoms with Crippen molar-refractivity contribution in [3.05, 3.63) is 23.4 Å². The molecule has 0 radical (unpaired) electrons. The molecule has 1 aromatic rings. The fourth-order valence-electron chi connectivity index (χ4n) is 1.42. The summed E-state index contributed by atoms with van der Waals surface area (Å²) in [6, 6.07) is 2.35. The van der Waals surface area contributed by atoms with Crippen LogP contribution in [0.25, 0.3) is 0 Å². The summed E-state index contributed by atoms with van der Waals surface area (Å²) in [6.45, 7) is 0. The molecule has 2 N–H and O–H groups in total. The van der Waals surface area contributed by atoms with Gasteiger partial charge in [-0.3, -0.25) is 10.0 Å². The minimum absolute atomic E-state index is 0.106. The first-order chi connectivity index (χ1) is 10.8. The lowest BCUT2D eigenvalue weighted by Gasteiger charge is -2.29. The highest BCUT2D eigenvalue weighted by molar-refractivity contribution is 5.99. The Morgan fingerprint density at radius 2 is 1.75 bits per heavy atom. The Bertz CT molecular complexity index is 619. The van der Waals surface area contributed by atoms with Crippen molar-refractivity contribution >= 4 is 17.3 Å². The SMILES string of the molecule is COc1ccc(NC(=O)C(F)(F)C(F)(F)C(F)(F)F)c(N([O-])O)c1. The first kappa shape index (κ1) is 19.8. The standard InChI is InChI=1S/C11H8F7N2O4/c1-24-5-2-3-6(7(4-5)20(22)23)19-8(21)9(12,13)10(14,15)11(16,17)18/h2-4,22H,1H3,(H,19,21)/q-1. The van der Waals surface area contributed by atoms with E-state index in [-0.39, 0.29) is 5.75 Å². The van der Waals surface area contributed by atoms with Crippen LogP contribution in [0.5, 0.6) is 5.75 Å². The molecule has 1 aromatic carbocycles. The Labute approximate surface area is 128 Å². The molecule has 0 atom stereocenters. The molecule has 24 heavy (non-hydrogen) atoms. The molecule has 0 unspecified atom stereocenters. The largest absolute Gasteiger partial charge is 0.733 e. The lowest BCUT2D eigenvalue weighted by atomic mass is 10.1. The molecular weight excluding hydrogens is 357 g/mol. The van der Waals surface area contributed by atoms with E-state index >= 15 is 0 Å². The van der Waals surface area contributed by atoms with Gasteiger partial charge in [-0.25, -0.2) is 0 Å². The van der Waals surface area contributed by atoms with E-state index in [1.807, 2.05) is 0 Å². The predicted octanol–water partition coefficient (Wildman–Crippen LogP) is 3.16. The molecule has 0 fully saturated rings. The summed E-state index contributed by atoms with van der Waals surface area (Å²) >= 11 is 0. The number of nitrogens with one attached hydrogen (secondary N) is 1. The molecule has 0 bridgehead atoms. The van der Waals surface area contributed by atoms with Crippen molar-refractivity contribution in [1.82, 2.24) is 0 Å².